The van der Waals surface area contributed by atoms with Crippen LogP contribution >= 0.6 is 0 Å². The first-order chi connectivity index (χ1) is 28.9. The molecule has 0 radical (unpaired) electrons. The van der Waals surface area contributed by atoms with Gasteiger partial charge >= 0.3 is 11.4 Å². The Balaban J connectivity index is 1.46. The van der Waals surface area contributed by atoms with Gasteiger partial charge in [-0.15, -0.1) is 0 Å². The summed E-state index contributed by atoms with van der Waals surface area (Å²) >= 11 is 0. The molecule has 0 saturated heterocycles. The Kier molecular flexibility index (Phi) is 26.7. The molecule has 0 heterocycles. The van der Waals surface area contributed by atoms with E-state index in [0.717, 1.165) is 24.2 Å². The van der Waals surface area contributed by atoms with Gasteiger partial charge in [-0.3, -0.25) is 20.2 Å². The van der Waals surface area contributed by atoms with E-state index >= 15 is 0 Å². The third-order valence-corrected chi connectivity index (χ3v) is 11.9. The van der Waals surface area contributed by atoms with Gasteiger partial charge in [-0.1, -0.05) is 229 Å². The minimum atomic E-state index is -0.726. The fourth-order valence-electron chi connectivity index (χ4n) is 8.15. The Morgan fingerprint density at radius 3 is 1.10 bits per heavy atom. The number of nitro groups is 2. The summed E-state index contributed by atoms with van der Waals surface area (Å²) in [7, 11) is 0. The highest BCUT2D eigenvalue weighted by Gasteiger charge is 2.23. The highest BCUT2D eigenvalue weighted by molar-refractivity contribution is 5.74. The van der Waals surface area contributed by atoms with Gasteiger partial charge in [-0.05, 0) is 53.3 Å². The van der Waals surface area contributed by atoms with Gasteiger partial charge in [0.2, 0.25) is 0 Å². The summed E-state index contributed by atoms with van der Waals surface area (Å²) in [5, 5.41) is 22.5. The minimum absolute atomic E-state index is 0.504. The van der Waals surface area contributed by atoms with Gasteiger partial charge in [0.1, 0.15) is 0 Å². The molecule has 0 N–H and O–H groups in total. The van der Waals surface area contributed by atoms with Gasteiger partial charge in [-0.2, -0.15) is 0 Å². The maximum atomic E-state index is 11.3. The van der Waals surface area contributed by atoms with E-state index in [0.29, 0.717) is 5.56 Å². The summed E-state index contributed by atoms with van der Waals surface area (Å²) in [4.78, 5) is 23.7. The van der Waals surface area contributed by atoms with E-state index in [9.17, 15) is 20.2 Å². The van der Waals surface area contributed by atoms with E-state index in [1.165, 1.54) is 209 Å². The zero-order valence-electron chi connectivity index (χ0n) is 37.2. The number of nitro benzene ring substituents is 2. The first-order valence-electron chi connectivity index (χ1n) is 24.0. The molecule has 3 aromatic carbocycles. The molecule has 0 aliphatic carbocycles. The fraction of sp³-hybridized carbons (Fsp3) is 0.615. The van der Waals surface area contributed by atoms with Crippen LogP contribution in [-0.2, 0) is 0 Å². The Morgan fingerprint density at radius 2 is 0.729 bits per heavy atom. The van der Waals surface area contributed by atoms with Crippen molar-refractivity contribution in [2.75, 3.05) is 18.0 Å². The van der Waals surface area contributed by atoms with Crippen LogP contribution in [0.2, 0.25) is 0 Å². The first-order valence-corrected chi connectivity index (χ1v) is 24.0. The second kappa shape index (κ2) is 31.9. The van der Waals surface area contributed by atoms with E-state index in [1.807, 2.05) is 18.2 Å². The molecule has 0 aliphatic rings. The second-order valence-electron chi connectivity index (χ2n) is 16.9. The van der Waals surface area contributed by atoms with Gasteiger partial charge in [0, 0.05) is 30.9 Å². The number of hydrogen-bond donors (Lipinski definition) is 0. The van der Waals surface area contributed by atoms with Crippen molar-refractivity contribution in [2.45, 2.75) is 194 Å². The van der Waals surface area contributed by atoms with E-state index in [-0.39, 0.29) is 0 Å². The average molecular weight is 810 g/mol. The number of nitrogens with zero attached hydrogens (tertiary/aromatic N) is 3. The average Bonchev–Trinajstić information content (AvgIpc) is 3.25. The second-order valence-corrected chi connectivity index (χ2v) is 16.9. The van der Waals surface area contributed by atoms with Crippen molar-refractivity contribution in [2.24, 2.45) is 0 Å². The van der Waals surface area contributed by atoms with Crippen LogP contribution in [-0.4, -0.2) is 22.9 Å². The molecule has 0 unspecified atom stereocenters. The standard InChI is InChI=1S/C52H79N3O4/c1-3-5-7-9-11-13-15-17-19-21-23-25-27-29-43-53(44-30-28-26-24-22-20-18-16-14-12-10-8-6-4-2)50-40-38-49(39-41-50)48-36-33-46(34-37-48)31-32-47-35-42-51(54(56)57)52(45-47)55(58)59/h31-42,45H,3-30,43-44H2,1-2H3/b32-31+. The number of benzene rings is 3. The van der Waals surface area contributed by atoms with Gasteiger partial charge in [0.25, 0.3) is 0 Å². The number of unbranched alkanes of at least 4 members (excludes halogenated alkanes) is 26. The van der Waals surface area contributed by atoms with Crippen molar-refractivity contribution >= 4 is 29.2 Å². The molecule has 7 nitrogen and oxygen atoms in total. The van der Waals surface area contributed by atoms with Crippen molar-refractivity contribution in [3.05, 3.63) is 98.1 Å². The van der Waals surface area contributed by atoms with Crippen molar-refractivity contribution < 1.29 is 9.85 Å². The van der Waals surface area contributed by atoms with Crippen LogP contribution in [0.15, 0.2) is 66.7 Å². The molecule has 3 aromatic rings. The number of rotatable bonds is 36. The van der Waals surface area contributed by atoms with Crippen LogP contribution in [0.1, 0.15) is 205 Å². The maximum absolute atomic E-state index is 11.3. The monoisotopic (exact) mass is 810 g/mol. The van der Waals surface area contributed by atoms with Crippen molar-refractivity contribution in [3.63, 3.8) is 0 Å². The van der Waals surface area contributed by atoms with E-state index < -0.39 is 21.2 Å². The molecule has 0 fully saturated rings. The summed E-state index contributed by atoms with van der Waals surface area (Å²) in [5.74, 6) is 0. The molecule has 3 rings (SSSR count). The molecule has 0 spiro atoms. The molecule has 0 atom stereocenters. The van der Waals surface area contributed by atoms with Gasteiger partial charge in [-0.25, -0.2) is 0 Å². The predicted octanol–water partition coefficient (Wildman–Crippen LogP) is 17.1. The molecule has 0 aliphatic heterocycles. The van der Waals surface area contributed by atoms with E-state index in [4.69, 9.17) is 0 Å². The lowest BCUT2D eigenvalue weighted by Crippen LogP contribution is -2.25. The first kappa shape index (κ1) is 49.4. The zero-order chi connectivity index (χ0) is 42.2. The fourth-order valence-corrected chi connectivity index (χ4v) is 8.15. The summed E-state index contributed by atoms with van der Waals surface area (Å²) in [6, 6.07) is 21.2. The molecular weight excluding hydrogens is 731 g/mol. The largest absolute Gasteiger partial charge is 0.372 e. The Bertz CT molecular complexity index is 1540. The SMILES string of the molecule is CCCCCCCCCCCCCCCCN(CCCCCCCCCCCCCCCC)c1ccc(-c2ccc(/C=C/c3ccc([N+](=O)[O-])c([N+](=O)[O-])c3)cc2)cc1. The third-order valence-electron chi connectivity index (χ3n) is 11.9. The van der Waals surface area contributed by atoms with Crippen molar-refractivity contribution in [1.29, 1.82) is 0 Å². The quantitative estimate of drug-likeness (QED) is 0.0252. The van der Waals surface area contributed by atoms with Crippen molar-refractivity contribution in [1.82, 2.24) is 0 Å². The smallest absolute Gasteiger partial charge is 0.346 e. The van der Waals surface area contributed by atoms with Crippen LogP contribution in [0.25, 0.3) is 23.3 Å². The van der Waals surface area contributed by atoms with Crippen LogP contribution in [0.3, 0.4) is 0 Å². The van der Waals surface area contributed by atoms with Crippen molar-refractivity contribution in [3.8, 4) is 11.1 Å². The lowest BCUT2D eigenvalue weighted by molar-refractivity contribution is -0.422. The highest BCUT2D eigenvalue weighted by atomic mass is 16.6. The van der Waals surface area contributed by atoms with Crippen LogP contribution in [0.4, 0.5) is 17.1 Å². The van der Waals surface area contributed by atoms with Gasteiger partial charge in [0.05, 0.1) is 9.85 Å². The Morgan fingerprint density at radius 1 is 0.407 bits per heavy atom. The van der Waals surface area contributed by atoms with Crippen LogP contribution < -0.4 is 4.90 Å². The molecule has 7 heteroatoms. The molecular formula is C52H79N3O4. The Labute approximate surface area is 358 Å². The summed E-state index contributed by atoms with van der Waals surface area (Å²) < 4.78 is 0. The summed E-state index contributed by atoms with van der Waals surface area (Å²) in [6.07, 6.45) is 42.3. The minimum Gasteiger partial charge on any atom is -0.372 e. The third kappa shape index (κ3) is 21.7. The molecule has 326 valence electrons. The predicted molar refractivity (Wildman–Crippen MR) is 253 cm³/mol. The van der Waals surface area contributed by atoms with Gasteiger partial charge in [0.15, 0.2) is 0 Å². The van der Waals surface area contributed by atoms with Crippen LogP contribution in [0.5, 0.6) is 0 Å². The zero-order valence-corrected chi connectivity index (χ0v) is 37.2. The lowest BCUT2D eigenvalue weighted by atomic mass is 10.0. The molecule has 0 bridgehead atoms. The van der Waals surface area contributed by atoms with E-state index in [1.54, 1.807) is 6.08 Å². The topological polar surface area (TPSA) is 89.5 Å². The number of anilines is 1. The van der Waals surface area contributed by atoms with E-state index in [2.05, 4.69) is 55.1 Å². The summed E-state index contributed by atoms with van der Waals surface area (Å²) in [5.41, 5.74) is 4.08. The summed E-state index contributed by atoms with van der Waals surface area (Å²) in [6.45, 7) is 6.82. The Hall–Kier alpha value is -4.00. The molecule has 0 aromatic heterocycles. The maximum Gasteiger partial charge on any atom is 0.346 e. The molecule has 0 saturated carbocycles. The van der Waals surface area contributed by atoms with Crippen LogP contribution in [0, 0.1) is 20.2 Å². The molecule has 0 amide bonds. The highest BCUT2D eigenvalue weighted by Crippen LogP contribution is 2.29. The molecule has 59 heavy (non-hydrogen) atoms. The normalized spacial score (nSPS) is 11.4. The lowest BCUT2D eigenvalue weighted by Gasteiger charge is -2.25. The van der Waals surface area contributed by atoms with Gasteiger partial charge < -0.3 is 4.90 Å². The number of hydrogen-bond acceptors (Lipinski definition) is 5.